The van der Waals surface area contributed by atoms with E-state index >= 15 is 0 Å². The predicted molar refractivity (Wildman–Crippen MR) is 51.2 cm³/mol. The summed E-state index contributed by atoms with van der Waals surface area (Å²) in [5, 5.41) is 3.15. The monoisotopic (exact) mass is 168 g/mol. The molecule has 0 unspecified atom stereocenters. The molecule has 1 aromatic heterocycles. The lowest BCUT2D eigenvalue weighted by atomic mass is 10.4. The second-order valence-corrected chi connectivity index (χ2v) is 3.00. The van der Waals surface area contributed by atoms with Crippen LogP contribution in [0.15, 0.2) is 6.20 Å². The van der Waals surface area contributed by atoms with Crippen molar-refractivity contribution in [2.45, 2.75) is 26.8 Å². The molecule has 0 spiro atoms. The van der Waals surface area contributed by atoms with Gasteiger partial charge in [0.15, 0.2) is 0 Å². The molecule has 0 atom stereocenters. The van der Waals surface area contributed by atoms with Crippen molar-refractivity contribution in [2.75, 3.05) is 17.6 Å². The van der Waals surface area contributed by atoms with Gasteiger partial charge in [-0.2, -0.15) is 0 Å². The number of imidazole rings is 1. The van der Waals surface area contributed by atoms with Gasteiger partial charge < -0.3 is 11.1 Å². The Bertz CT molecular complexity index is 252. The highest BCUT2D eigenvalue weighted by Crippen LogP contribution is 2.18. The van der Waals surface area contributed by atoms with Gasteiger partial charge in [-0.1, -0.05) is 0 Å². The van der Waals surface area contributed by atoms with E-state index in [-0.39, 0.29) is 0 Å². The molecule has 0 aliphatic heterocycles. The molecule has 0 saturated heterocycles. The molecule has 0 aliphatic rings. The van der Waals surface area contributed by atoms with Crippen molar-refractivity contribution < 1.29 is 0 Å². The Balaban J connectivity index is 2.95. The minimum atomic E-state index is 0.349. The Labute approximate surface area is 72.8 Å². The van der Waals surface area contributed by atoms with Gasteiger partial charge in [0.1, 0.15) is 5.82 Å². The van der Waals surface area contributed by atoms with Crippen LogP contribution in [0, 0.1) is 0 Å². The minimum absolute atomic E-state index is 0.349. The highest BCUT2D eigenvalue weighted by atomic mass is 15.2. The van der Waals surface area contributed by atoms with Crippen LogP contribution in [0.3, 0.4) is 0 Å². The fourth-order valence-corrected chi connectivity index (χ4v) is 1.21. The predicted octanol–water partition coefficient (Wildman–Crippen LogP) is 1.48. The third-order valence-electron chi connectivity index (χ3n) is 1.68. The lowest BCUT2D eigenvalue weighted by molar-refractivity contribution is 0.613. The number of nitrogens with one attached hydrogen (secondary N) is 1. The fraction of sp³-hybridized carbons (Fsp3) is 0.625. The zero-order chi connectivity index (χ0) is 9.14. The summed E-state index contributed by atoms with van der Waals surface area (Å²) in [5.74, 6) is 1.56. The SMILES string of the molecule is CCNc1ncc(N)n1C(C)C. The van der Waals surface area contributed by atoms with Crippen LogP contribution < -0.4 is 11.1 Å². The smallest absolute Gasteiger partial charge is 0.204 e. The van der Waals surface area contributed by atoms with Crippen LogP contribution in [-0.4, -0.2) is 16.1 Å². The van der Waals surface area contributed by atoms with E-state index in [1.165, 1.54) is 0 Å². The lowest BCUT2D eigenvalue weighted by Crippen LogP contribution is -2.10. The summed E-state index contributed by atoms with van der Waals surface area (Å²) >= 11 is 0. The molecule has 0 aliphatic carbocycles. The maximum Gasteiger partial charge on any atom is 0.204 e. The molecule has 3 N–H and O–H groups in total. The maximum absolute atomic E-state index is 5.73. The standard InChI is InChI=1S/C8H16N4/c1-4-10-8-11-5-7(9)12(8)6(2)3/h5-6H,4,9H2,1-3H3,(H,10,11). The van der Waals surface area contributed by atoms with Crippen LogP contribution in [0.1, 0.15) is 26.8 Å². The Morgan fingerprint density at radius 2 is 2.33 bits per heavy atom. The first-order valence-corrected chi connectivity index (χ1v) is 4.23. The number of aromatic nitrogens is 2. The zero-order valence-electron chi connectivity index (χ0n) is 7.83. The molecule has 0 saturated carbocycles. The first kappa shape index (κ1) is 8.90. The largest absolute Gasteiger partial charge is 0.384 e. The Morgan fingerprint density at radius 3 is 2.83 bits per heavy atom. The van der Waals surface area contributed by atoms with Gasteiger partial charge in [0, 0.05) is 12.6 Å². The summed E-state index contributed by atoms with van der Waals surface area (Å²) in [6.07, 6.45) is 1.68. The number of hydrogen-bond donors (Lipinski definition) is 2. The van der Waals surface area contributed by atoms with E-state index in [1.807, 2.05) is 11.5 Å². The van der Waals surface area contributed by atoms with E-state index in [0.717, 1.165) is 12.5 Å². The maximum atomic E-state index is 5.73. The highest BCUT2D eigenvalue weighted by Gasteiger charge is 2.08. The summed E-state index contributed by atoms with van der Waals surface area (Å²) in [5.41, 5.74) is 5.73. The van der Waals surface area contributed by atoms with Crippen molar-refractivity contribution >= 4 is 11.8 Å². The molecule has 68 valence electrons. The molecular weight excluding hydrogens is 152 g/mol. The molecule has 0 radical (unpaired) electrons. The van der Waals surface area contributed by atoms with Crippen LogP contribution >= 0.6 is 0 Å². The van der Waals surface area contributed by atoms with Crippen molar-refractivity contribution in [3.05, 3.63) is 6.20 Å². The second-order valence-electron chi connectivity index (χ2n) is 3.00. The van der Waals surface area contributed by atoms with Crippen molar-refractivity contribution in [3.63, 3.8) is 0 Å². The minimum Gasteiger partial charge on any atom is -0.384 e. The van der Waals surface area contributed by atoms with Crippen LogP contribution in [0.25, 0.3) is 0 Å². The molecule has 12 heavy (non-hydrogen) atoms. The Morgan fingerprint density at radius 1 is 1.67 bits per heavy atom. The number of hydrogen-bond acceptors (Lipinski definition) is 3. The van der Waals surface area contributed by atoms with Gasteiger partial charge in [-0.3, -0.25) is 4.57 Å². The van der Waals surface area contributed by atoms with Crippen LogP contribution in [0.5, 0.6) is 0 Å². The normalized spacial score (nSPS) is 10.7. The van der Waals surface area contributed by atoms with E-state index in [1.54, 1.807) is 6.20 Å². The molecular formula is C8H16N4. The third kappa shape index (κ3) is 1.52. The average Bonchev–Trinajstić information content (AvgIpc) is 2.32. The van der Waals surface area contributed by atoms with E-state index in [0.29, 0.717) is 11.9 Å². The van der Waals surface area contributed by atoms with Gasteiger partial charge in [0.25, 0.3) is 0 Å². The Hall–Kier alpha value is -1.19. The number of anilines is 2. The number of rotatable bonds is 3. The van der Waals surface area contributed by atoms with Crippen molar-refractivity contribution in [2.24, 2.45) is 0 Å². The van der Waals surface area contributed by atoms with Gasteiger partial charge in [0.2, 0.25) is 5.95 Å². The van der Waals surface area contributed by atoms with Gasteiger partial charge in [-0.15, -0.1) is 0 Å². The van der Waals surface area contributed by atoms with Gasteiger partial charge in [-0.05, 0) is 20.8 Å². The third-order valence-corrected chi connectivity index (χ3v) is 1.68. The van der Waals surface area contributed by atoms with Crippen LogP contribution in [0.2, 0.25) is 0 Å². The molecule has 0 aromatic carbocycles. The molecule has 0 amide bonds. The summed E-state index contributed by atoms with van der Waals surface area (Å²) in [4.78, 5) is 4.15. The molecule has 1 heterocycles. The average molecular weight is 168 g/mol. The number of nitrogens with zero attached hydrogens (tertiary/aromatic N) is 2. The van der Waals surface area contributed by atoms with Gasteiger partial charge in [-0.25, -0.2) is 4.98 Å². The zero-order valence-corrected chi connectivity index (χ0v) is 7.83. The van der Waals surface area contributed by atoms with Crippen LogP contribution in [0.4, 0.5) is 11.8 Å². The summed E-state index contributed by atoms with van der Waals surface area (Å²) in [7, 11) is 0. The first-order chi connectivity index (χ1) is 5.66. The van der Waals surface area contributed by atoms with E-state index in [4.69, 9.17) is 5.73 Å². The topological polar surface area (TPSA) is 55.9 Å². The molecule has 0 fully saturated rings. The van der Waals surface area contributed by atoms with Crippen molar-refractivity contribution in [3.8, 4) is 0 Å². The molecule has 4 nitrogen and oxygen atoms in total. The Kier molecular flexibility index (Phi) is 2.58. The summed E-state index contributed by atoms with van der Waals surface area (Å²) in [6, 6.07) is 0.349. The van der Waals surface area contributed by atoms with E-state index < -0.39 is 0 Å². The van der Waals surface area contributed by atoms with Gasteiger partial charge >= 0.3 is 0 Å². The van der Waals surface area contributed by atoms with Crippen molar-refractivity contribution in [1.82, 2.24) is 9.55 Å². The molecule has 4 heteroatoms. The number of nitrogen functional groups attached to an aromatic ring is 1. The molecule has 1 rings (SSSR count). The summed E-state index contributed by atoms with van der Waals surface area (Å²) < 4.78 is 1.98. The van der Waals surface area contributed by atoms with Crippen LogP contribution in [-0.2, 0) is 0 Å². The lowest BCUT2D eigenvalue weighted by Gasteiger charge is -2.13. The van der Waals surface area contributed by atoms with Gasteiger partial charge in [0.05, 0.1) is 6.20 Å². The second kappa shape index (κ2) is 3.47. The summed E-state index contributed by atoms with van der Waals surface area (Å²) in [6.45, 7) is 7.07. The highest BCUT2D eigenvalue weighted by molar-refractivity contribution is 5.40. The first-order valence-electron chi connectivity index (χ1n) is 4.23. The molecule has 0 bridgehead atoms. The van der Waals surface area contributed by atoms with E-state index in [2.05, 4.69) is 24.1 Å². The quantitative estimate of drug-likeness (QED) is 0.718. The number of nitrogens with two attached hydrogens (primary N) is 1. The fourth-order valence-electron chi connectivity index (χ4n) is 1.21. The molecule has 1 aromatic rings. The van der Waals surface area contributed by atoms with E-state index in [9.17, 15) is 0 Å². The van der Waals surface area contributed by atoms with Crippen molar-refractivity contribution in [1.29, 1.82) is 0 Å².